The van der Waals surface area contributed by atoms with E-state index in [9.17, 15) is 9.59 Å². The van der Waals surface area contributed by atoms with E-state index in [4.69, 9.17) is 0 Å². The molecule has 0 bridgehead atoms. The minimum absolute atomic E-state index is 0.00279. The zero-order valence-corrected chi connectivity index (χ0v) is 17.1. The SMILES string of the molecule is O=C(CC(c1ccccc1)c1ccccc1)NCCn1nc2c(cc1=O)CCCC2. The average molecular weight is 402 g/mol. The number of rotatable bonds is 7. The van der Waals surface area contributed by atoms with Crippen LogP contribution in [0.25, 0.3) is 0 Å². The summed E-state index contributed by atoms with van der Waals surface area (Å²) in [7, 11) is 0. The van der Waals surface area contributed by atoms with Gasteiger partial charge in [-0.2, -0.15) is 5.10 Å². The van der Waals surface area contributed by atoms with Crippen LogP contribution >= 0.6 is 0 Å². The smallest absolute Gasteiger partial charge is 0.267 e. The van der Waals surface area contributed by atoms with Gasteiger partial charge in [0.2, 0.25) is 5.91 Å². The lowest BCUT2D eigenvalue weighted by Crippen LogP contribution is -2.33. The van der Waals surface area contributed by atoms with Gasteiger partial charge in [0, 0.05) is 24.9 Å². The maximum absolute atomic E-state index is 12.7. The number of hydrogen-bond donors (Lipinski definition) is 1. The molecule has 1 N–H and O–H groups in total. The van der Waals surface area contributed by atoms with Gasteiger partial charge in [0.15, 0.2) is 0 Å². The summed E-state index contributed by atoms with van der Waals surface area (Å²) in [5.41, 5.74) is 4.26. The van der Waals surface area contributed by atoms with Crippen molar-refractivity contribution in [2.24, 2.45) is 0 Å². The van der Waals surface area contributed by atoms with E-state index in [1.807, 2.05) is 36.4 Å². The third-order valence-electron chi connectivity index (χ3n) is 5.71. The molecule has 4 rings (SSSR count). The average Bonchev–Trinajstić information content (AvgIpc) is 2.79. The van der Waals surface area contributed by atoms with Crippen LogP contribution in [-0.2, 0) is 24.2 Å². The first kappa shape index (κ1) is 20.1. The molecule has 5 heteroatoms. The fourth-order valence-corrected chi connectivity index (χ4v) is 4.12. The number of nitrogens with zero attached hydrogens (tertiary/aromatic N) is 2. The van der Waals surface area contributed by atoms with Crippen LogP contribution in [0.4, 0.5) is 0 Å². The number of aromatic nitrogens is 2. The number of carbonyl (C=O) groups is 1. The highest BCUT2D eigenvalue weighted by Gasteiger charge is 2.18. The van der Waals surface area contributed by atoms with E-state index in [1.165, 1.54) is 4.68 Å². The lowest BCUT2D eigenvalue weighted by molar-refractivity contribution is -0.121. The Morgan fingerprint density at radius 1 is 0.967 bits per heavy atom. The maximum Gasteiger partial charge on any atom is 0.267 e. The minimum Gasteiger partial charge on any atom is -0.354 e. The van der Waals surface area contributed by atoms with Crippen molar-refractivity contribution in [1.82, 2.24) is 15.1 Å². The predicted molar refractivity (Wildman–Crippen MR) is 117 cm³/mol. The van der Waals surface area contributed by atoms with E-state index < -0.39 is 0 Å². The summed E-state index contributed by atoms with van der Waals surface area (Å²) in [6, 6.07) is 21.9. The first-order valence-electron chi connectivity index (χ1n) is 10.7. The second kappa shape index (κ2) is 9.53. The molecule has 5 nitrogen and oxygen atoms in total. The van der Waals surface area contributed by atoms with Crippen LogP contribution in [0, 0.1) is 0 Å². The molecule has 0 saturated heterocycles. The Morgan fingerprint density at radius 3 is 2.27 bits per heavy atom. The first-order valence-corrected chi connectivity index (χ1v) is 10.7. The van der Waals surface area contributed by atoms with Crippen molar-refractivity contribution in [1.29, 1.82) is 0 Å². The van der Waals surface area contributed by atoms with Gasteiger partial charge < -0.3 is 5.32 Å². The fraction of sp³-hybridized carbons (Fsp3) is 0.320. The largest absolute Gasteiger partial charge is 0.354 e. The van der Waals surface area contributed by atoms with Gasteiger partial charge in [0.05, 0.1) is 12.2 Å². The second-order valence-corrected chi connectivity index (χ2v) is 7.81. The summed E-state index contributed by atoms with van der Waals surface area (Å²) in [6.45, 7) is 0.778. The number of nitrogens with one attached hydrogen (secondary N) is 1. The summed E-state index contributed by atoms with van der Waals surface area (Å²) in [5.74, 6) is -0.0318. The Labute approximate surface area is 176 Å². The third-order valence-corrected chi connectivity index (χ3v) is 5.71. The van der Waals surface area contributed by atoms with Gasteiger partial charge in [-0.3, -0.25) is 9.59 Å². The predicted octanol–water partition coefficient (Wildman–Crippen LogP) is 3.46. The summed E-state index contributed by atoms with van der Waals surface area (Å²) in [4.78, 5) is 25.0. The van der Waals surface area contributed by atoms with E-state index >= 15 is 0 Å². The maximum atomic E-state index is 12.7. The van der Waals surface area contributed by atoms with Crippen molar-refractivity contribution in [2.45, 2.75) is 44.6 Å². The van der Waals surface area contributed by atoms with Gasteiger partial charge >= 0.3 is 0 Å². The van der Waals surface area contributed by atoms with Gasteiger partial charge in [-0.15, -0.1) is 0 Å². The Morgan fingerprint density at radius 2 is 1.60 bits per heavy atom. The molecule has 1 heterocycles. The molecule has 2 aromatic carbocycles. The minimum atomic E-state index is -0.0867. The Hall–Kier alpha value is -3.21. The van der Waals surface area contributed by atoms with Gasteiger partial charge in [0.25, 0.3) is 5.56 Å². The number of carbonyl (C=O) groups excluding carboxylic acids is 1. The fourth-order valence-electron chi connectivity index (χ4n) is 4.12. The topological polar surface area (TPSA) is 64.0 Å². The van der Waals surface area contributed by atoms with Crippen molar-refractivity contribution in [3.05, 3.63) is 99.5 Å². The molecule has 0 aliphatic heterocycles. The van der Waals surface area contributed by atoms with Crippen LogP contribution in [0.15, 0.2) is 71.5 Å². The van der Waals surface area contributed by atoms with Crippen LogP contribution in [0.2, 0.25) is 0 Å². The highest BCUT2D eigenvalue weighted by molar-refractivity contribution is 5.77. The first-order chi connectivity index (χ1) is 14.7. The molecule has 0 atom stereocenters. The standard InChI is InChI=1S/C25H27N3O2/c29-24(18-22(19-9-3-1-4-10-19)20-11-5-2-6-12-20)26-15-16-28-25(30)17-21-13-7-8-14-23(21)27-28/h1-6,9-12,17,22H,7-8,13-16,18H2,(H,26,29). The third kappa shape index (κ3) is 4.85. The van der Waals surface area contributed by atoms with Crippen LogP contribution in [-0.4, -0.2) is 22.2 Å². The highest BCUT2D eigenvalue weighted by Crippen LogP contribution is 2.27. The van der Waals surface area contributed by atoms with Crippen molar-refractivity contribution >= 4 is 5.91 Å². The lowest BCUT2D eigenvalue weighted by atomic mass is 9.88. The second-order valence-electron chi connectivity index (χ2n) is 7.81. The van der Waals surface area contributed by atoms with Crippen LogP contribution < -0.4 is 10.9 Å². The molecule has 0 fully saturated rings. The van der Waals surface area contributed by atoms with E-state index in [1.54, 1.807) is 6.07 Å². The van der Waals surface area contributed by atoms with Gasteiger partial charge in [0.1, 0.15) is 0 Å². The molecule has 1 aliphatic carbocycles. The van der Waals surface area contributed by atoms with E-state index in [0.29, 0.717) is 19.5 Å². The van der Waals surface area contributed by atoms with Crippen LogP contribution in [0.1, 0.15) is 47.6 Å². The van der Waals surface area contributed by atoms with E-state index in [0.717, 1.165) is 48.1 Å². The zero-order chi connectivity index (χ0) is 20.8. The number of hydrogen-bond acceptors (Lipinski definition) is 3. The zero-order valence-electron chi connectivity index (χ0n) is 17.1. The summed E-state index contributed by atoms with van der Waals surface area (Å²) >= 11 is 0. The highest BCUT2D eigenvalue weighted by atomic mass is 16.1. The molecule has 30 heavy (non-hydrogen) atoms. The number of amides is 1. The quantitative estimate of drug-likeness (QED) is 0.659. The molecule has 1 amide bonds. The van der Waals surface area contributed by atoms with Gasteiger partial charge in [-0.25, -0.2) is 4.68 Å². The van der Waals surface area contributed by atoms with Crippen LogP contribution in [0.3, 0.4) is 0 Å². The van der Waals surface area contributed by atoms with Gasteiger partial charge in [-0.1, -0.05) is 60.7 Å². The Kier molecular flexibility index (Phi) is 6.38. The summed E-state index contributed by atoms with van der Waals surface area (Å²) in [5, 5.41) is 7.49. The van der Waals surface area contributed by atoms with Crippen molar-refractivity contribution in [2.75, 3.05) is 6.54 Å². The van der Waals surface area contributed by atoms with Crippen molar-refractivity contribution in [3.63, 3.8) is 0 Å². The van der Waals surface area contributed by atoms with E-state index in [2.05, 4.69) is 34.7 Å². The molecule has 1 aliphatic rings. The number of fused-ring (bicyclic) bond motifs is 1. The summed E-state index contributed by atoms with van der Waals surface area (Å²) in [6.07, 6.45) is 4.47. The van der Waals surface area contributed by atoms with Crippen molar-refractivity contribution < 1.29 is 4.79 Å². The lowest BCUT2D eigenvalue weighted by Gasteiger charge is -2.18. The number of benzene rings is 2. The monoisotopic (exact) mass is 401 g/mol. The molecule has 0 spiro atoms. The molecular formula is C25H27N3O2. The van der Waals surface area contributed by atoms with Crippen LogP contribution in [0.5, 0.6) is 0 Å². The molecule has 0 unspecified atom stereocenters. The molecule has 1 aromatic heterocycles. The molecule has 154 valence electrons. The van der Waals surface area contributed by atoms with E-state index in [-0.39, 0.29) is 17.4 Å². The Bertz CT molecular complexity index is 1010. The van der Waals surface area contributed by atoms with Crippen molar-refractivity contribution in [3.8, 4) is 0 Å². The molecule has 0 radical (unpaired) electrons. The molecule has 3 aromatic rings. The Balaban J connectivity index is 1.39. The van der Waals surface area contributed by atoms with Gasteiger partial charge in [-0.05, 0) is 42.4 Å². The number of aryl methyl sites for hydroxylation is 2. The summed E-state index contributed by atoms with van der Waals surface area (Å²) < 4.78 is 1.48. The molecule has 0 saturated carbocycles. The normalized spacial score (nSPS) is 13.1. The molecular weight excluding hydrogens is 374 g/mol.